The average molecular weight is 661 g/mol. The van der Waals surface area contributed by atoms with Crippen LogP contribution in [0.1, 0.15) is 22.3 Å². The quantitative estimate of drug-likeness (QED) is 0.134. The van der Waals surface area contributed by atoms with Crippen LogP contribution in [0.25, 0.3) is 21.8 Å². The van der Waals surface area contributed by atoms with E-state index in [0.29, 0.717) is 34.3 Å². The van der Waals surface area contributed by atoms with E-state index in [1.165, 1.54) is 34.0 Å². The van der Waals surface area contributed by atoms with Crippen molar-refractivity contribution in [2.45, 2.75) is 12.8 Å². The first-order valence-corrected chi connectivity index (χ1v) is 14.3. The summed E-state index contributed by atoms with van der Waals surface area (Å²) in [7, 11) is 0. The van der Waals surface area contributed by atoms with Gasteiger partial charge in [-0.3, -0.25) is 9.98 Å². The second kappa shape index (κ2) is 15.5. The molecule has 6 aromatic rings. The van der Waals surface area contributed by atoms with Crippen molar-refractivity contribution >= 4 is 57.4 Å². The van der Waals surface area contributed by atoms with Gasteiger partial charge in [0.25, 0.3) is 0 Å². The van der Waals surface area contributed by atoms with E-state index < -0.39 is 0 Å². The van der Waals surface area contributed by atoms with Crippen molar-refractivity contribution in [2.24, 2.45) is 9.98 Å². The number of halogens is 2. The Morgan fingerprint density at radius 1 is 0.605 bits per heavy atom. The number of hydrogen-bond acceptors (Lipinski definition) is 4. The third-order valence-electron chi connectivity index (χ3n) is 6.77. The van der Waals surface area contributed by atoms with E-state index in [2.05, 4.69) is 44.2 Å². The first-order valence-electron chi connectivity index (χ1n) is 13.5. The summed E-state index contributed by atoms with van der Waals surface area (Å²) < 4.78 is 0. The van der Waals surface area contributed by atoms with E-state index in [4.69, 9.17) is 23.2 Å². The summed E-state index contributed by atoms with van der Waals surface area (Å²) in [6.07, 6.45) is 8.88. The van der Waals surface area contributed by atoms with Crippen molar-refractivity contribution in [1.82, 2.24) is 9.97 Å². The van der Waals surface area contributed by atoms with Crippen LogP contribution < -0.4 is 10.2 Å². The van der Waals surface area contributed by atoms with Crippen LogP contribution in [-0.2, 0) is 32.3 Å². The molecule has 0 amide bonds. The Morgan fingerprint density at radius 2 is 1.02 bits per heavy atom. The van der Waals surface area contributed by atoms with Crippen molar-refractivity contribution in [2.75, 3.05) is 13.1 Å². The number of nitrogens with one attached hydrogen (secondary N) is 2. The van der Waals surface area contributed by atoms with Crippen molar-refractivity contribution in [3.8, 4) is 11.5 Å². The number of para-hydroxylation sites is 2. The van der Waals surface area contributed by atoms with Gasteiger partial charge in [-0.1, -0.05) is 83.2 Å². The van der Waals surface area contributed by atoms with Gasteiger partial charge in [-0.25, -0.2) is 0 Å². The molecule has 6 nitrogen and oxygen atoms in total. The first kappa shape index (κ1) is 32.0. The van der Waals surface area contributed by atoms with Gasteiger partial charge in [0.15, 0.2) is 0 Å². The van der Waals surface area contributed by atoms with Crippen LogP contribution in [0.15, 0.2) is 107 Å². The molecule has 4 aromatic carbocycles. The number of benzene rings is 4. The third kappa shape index (κ3) is 8.58. The summed E-state index contributed by atoms with van der Waals surface area (Å²) in [5.74, 6) is -0.120. The van der Waals surface area contributed by atoms with Gasteiger partial charge in [0.1, 0.15) is 0 Å². The number of hydrogen-bond donors (Lipinski definition) is 2. The Morgan fingerprint density at radius 3 is 1.47 bits per heavy atom. The van der Waals surface area contributed by atoms with E-state index in [9.17, 15) is 10.2 Å². The van der Waals surface area contributed by atoms with Gasteiger partial charge in [-0.2, -0.15) is 0 Å². The van der Waals surface area contributed by atoms with Gasteiger partial charge < -0.3 is 20.2 Å². The Bertz CT molecular complexity index is 1730. The predicted octanol–water partition coefficient (Wildman–Crippen LogP) is 7.11. The fourth-order valence-electron chi connectivity index (χ4n) is 4.61. The van der Waals surface area contributed by atoms with E-state index in [1.807, 2.05) is 36.7 Å². The van der Waals surface area contributed by atoms with Crippen molar-refractivity contribution in [1.29, 1.82) is 0 Å². The van der Waals surface area contributed by atoms with Gasteiger partial charge in [0.05, 0.1) is 0 Å². The minimum atomic E-state index is -0.0600. The molecule has 0 saturated carbocycles. The van der Waals surface area contributed by atoms with E-state index >= 15 is 0 Å². The Hall–Kier alpha value is -3.90. The molecule has 0 unspecified atom stereocenters. The van der Waals surface area contributed by atoms with Gasteiger partial charge in [0, 0.05) is 69.8 Å². The summed E-state index contributed by atoms with van der Waals surface area (Å²) >= 11 is 11.7. The largest absolute Gasteiger partial charge is 2.00 e. The second-order valence-corrected chi connectivity index (χ2v) is 10.5. The molecule has 212 valence electrons. The number of fused-ring (bicyclic) bond motifs is 2. The van der Waals surface area contributed by atoms with Gasteiger partial charge in [0.2, 0.25) is 0 Å². The molecule has 0 atom stereocenters. The maximum Gasteiger partial charge on any atom is 2.00 e. The fourth-order valence-corrected chi connectivity index (χ4v) is 4.97. The minimum Gasteiger partial charge on any atom is -0.872 e. The minimum absolute atomic E-state index is 0. The van der Waals surface area contributed by atoms with Crippen LogP contribution in [0.4, 0.5) is 0 Å². The summed E-state index contributed by atoms with van der Waals surface area (Å²) in [5, 5.41) is 26.8. The van der Waals surface area contributed by atoms with E-state index in [1.54, 1.807) is 36.7 Å². The predicted molar refractivity (Wildman–Crippen MR) is 171 cm³/mol. The Balaban J connectivity index is 0.000000192. The molecule has 0 fully saturated rings. The van der Waals surface area contributed by atoms with Crippen LogP contribution in [0.3, 0.4) is 0 Å². The summed E-state index contributed by atoms with van der Waals surface area (Å²) in [6.45, 7) is 1.27. The molecular weight excluding hydrogens is 633 g/mol. The zero-order chi connectivity index (χ0) is 29.3. The number of aliphatic imine (C=N–C) groups is 2. The van der Waals surface area contributed by atoms with Crippen LogP contribution in [0, 0.1) is 0 Å². The molecule has 0 radical (unpaired) electrons. The topological polar surface area (TPSA) is 102 Å². The van der Waals surface area contributed by atoms with Crippen LogP contribution in [-0.4, -0.2) is 35.5 Å². The zero-order valence-corrected chi connectivity index (χ0v) is 27.9. The van der Waals surface area contributed by atoms with Crippen LogP contribution in [0.2, 0.25) is 10.0 Å². The molecule has 2 N–H and O–H groups in total. The van der Waals surface area contributed by atoms with Gasteiger partial charge >= 0.3 is 19.5 Å². The number of H-pyrrole nitrogens is 2. The fraction of sp³-hybridized carbons (Fsp3) is 0.118. The summed E-state index contributed by atoms with van der Waals surface area (Å²) in [4.78, 5) is 15.1. The first-order chi connectivity index (χ1) is 20.5. The van der Waals surface area contributed by atoms with E-state index in [-0.39, 0.29) is 31.0 Å². The smallest absolute Gasteiger partial charge is 0.872 e. The molecule has 2 aromatic heterocycles. The van der Waals surface area contributed by atoms with Crippen LogP contribution >= 0.6 is 23.2 Å². The molecule has 0 aliphatic heterocycles. The summed E-state index contributed by atoms with van der Waals surface area (Å²) in [5.41, 5.74) is 5.79. The number of aromatic nitrogens is 2. The SMILES string of the molecule is [O-]c1ccc(Cl)cc1C=NCCc1c[nH]c2ccccc12.[O-]c1ccc(Cl)cc1C=NCCc1c[nH]c2ccccc12.[Zn+2]. The Kier molecular flexibility index (Phi) is 11.6. The van der Waals surface area contributed by atoms with Crippen LogP contribution in [0.5, 0.6) is 11.5 Å². The third-order valence-corrected chi connectivity index (χ3v) is 7.24. The molecule has 0 spiro atoms. The standard InChI is InChI=1S/2C17H15ClN2O.Zn/c2*18-14-5-6-17(21)13(9-14)10-19-8-7-12-11-20-16-4-2-1-3-15(12)16;/h2*1-6,9-11,20-21H,7-8H2;/q;;+2/p-2. The van der Waals surface area contributed by atoms with Crippen molar-refractivity contribution in [3.05, 3.63) is 130 Å². The molecule has 0 aliphatic carbocycles. The molecule has 0 saturated heterocycles. The second-order valence-electron chi connectivity index (χ2n) is 9.65. The number of aromatic amines is 2. The van der Waals surface area contributed by atoms with Gasteiger partial charge in [-0.15, -0.1) is 0 Å². The van der Waals surface area contributed by atoms with E-state index in [0.717, 1.165) is 23.9 Å². The van der Waals surface area contributed by atoms with Gasteiger partial charge in [-0.05, 0) is 71.5 Å². The monoisotopic (exact) mass is 658 g/mol. The number of rotatable bonds is 8. The molecule has 9 heteroatoms. The molecule has 6 rings (SSSR count). The molecule has 2 heterocycles. The van der Waals surface area contributed by atoms with Crippen molar-refractivity contribution < 1.29 is 29.7 Å². The number of nitrogens with zero attached hydrogens (tertiary/aromatic N) is 2. The average Bonchev–Trinajstić information content (AvgIpc) is 3.61. The van der Waals surface area contributed by atoms with Crippen molar-refractivity contribution in [3.63, 3.8) is 0 Å². The zero-order valence-electron chi connectivity index (χ0n) is 23.4. The molecule has 43 heavy (non-hydrogen) atoms. The maximum absolute atomic E-state index is 11.6. The molecule has 0 aliphatic rings. The maximum atomic E-state index is 11.6. The molecule has 0 bridgehead atoms. The normalized spacial score (nSPS) is 11.2. The summed E-state index contributed by atoms with van der Waals surface area (Å²) in [6, 6.07) is 25.7. The molecular formula is C34H28Cl2N4O2Zn. The Labute approximate surface area is 272 Å².